The Morgan fingerprint density at radius 3 is 2.53 bits per heavy atom. The maximum atomic E-state index is 6.32. The fourth-order valence-electron chi connectivity index (χ4n) is 4.45. The van der Waals surface area contributed by atoms with Crippen molar-refractivity contribution in [2.75, 3.05) is 7.11 Å². The summed E-state index contributed by atoms with van der Waals surface area (Å²) in [4.78, 5) is 5.75. The van der Waals surface area contributed by atoms with Crippen LogP contribution in [0.4, 0.5) is 0 Å². The van der Waals surface area contributed by atoms with Crippen LogP contribution in [-0.2, 0) is 36.8 Å². The van der Waals surface area contributed by atoms with Crippen LogP contribution in [-0.4, -0.2) is 49.3 Å². The molecule has 0 N–H and O–H groups in total. The lowest BCUT2D eigenvalue weighted by Crippen LogP contribution is -2.40. The van der Waals surface area contributed by atoms with E-state index in [4.69, 9.17) is 28.5 Å². The lowest BCUT2D eigenvalue weighted by molar-refractivity contribution is -0.210. The predicted molar refractivity (Wildman–Crippen MR) is 117 cm³/mol. The second-order valence-electron chi connectivity index (χ2n) is 8.85. The van der Waals surface area contributed by atoms with Crippen molar-refractivity contribution in [2.45, 2.75) is 69.8 Å². The van der Waals surface area contributed by atoms with Crippen LogP contribution < -0.4 is 4.74 Å². The Morgan fingerprint density at radius 1 is 1.00 bits per heavy atom. The number of nitrogens with zero attached hydrogens (tertiary/aromatic N) is 1. The number of fused-ring (bicyclic) bond motifs is 1. The Balaban J connectivity index is 1.25. The largest absolute Gasteiger partial charge is 0.497 e. The number of rotatable bonds is 7. The Hall–Kier alpha value is -2.45. The van der Waals surface area contributed by atoms with E-state index in [0.29, 0.717) is 13.0 Å². The second kappa shape index (κ2) is 8.83. The molecular formula is C25H29NO6. The van der Waals surface area contributed by atoms with E-state index >= 15 is 0 Å². The van der Waals surface area contributed by atoms with Crippen molar-refractivity contribution >= 4 is 5.71 Å². The third kappa shape index (κ3) is 4.52. The molecule has 2 aromatic rings. The molecule has 0 radical (unpaired) electrons. The first kappa shape index (κ1) is 21.4. The Morgan fingerprint density at radius 2 is 1.78 bits per heavy atom. The number of hydrogen-bond acceptors (Lipinski definition) is 7. The molecule has 32 heavy (non-hydrogen) atoms. The third-order valence-electron chi connectivity index (χ3n) is 5.98. The maximum absolute atomic E-state index is 6.32. The van der Waals surface area contributed by atoms with Crippen LogP contribution in [0, 0.1) is 0 Å². The molecule has 7 heteroatoms. The lowest BCUT2D eigenvalue weighted by atomic mass is 9.98. The summed E-state index contributed by atoms with van der Waals surface area (Å²) in [5.74, 6) is 0.129. The van der Waals surface area contributed by atoms with Crippen molar-refractivity contribution < 1.29 is 28.5 Å². The van der Waals surface area contributed by atoms with Crippen LogP contribution in [0.5, 0.6) is 5.75 Å². The van der Waals surface area contributed by atoms with Crippen molar-refractivity contribution in [3.8, 4) is 5.75 Å². The molecule has 2 fully saturated rings. The van der Waals surface area contributed by atoms with Crippen LogP contribution in [0.15, 0.2) is 59.8 Å². The fourth-order valence-corrected chi connectivity index (χ4v) is 4.45. The molecule has 5 rings (SSSR count). The van der Waals surface area contributed by atoms with E-state index in [9.17, 15) is 0 Å². The van der Waals surface area contributed by atoms with E-state index in [-0.39, 0.29) is 24.4 Å². The molecule has 2 aromatic carbocycles. The van der Waals surface area contributed by atoms with Gasteiger partial charge in [0.05, 0.1) is 19.4 Å². The molecule has 3 heterocycles. The van der Waals surface area contributed by atoms with Crippen molar-refractivity contribution in [1.29, 1.82) is 0 Å². The summed E-state index contributed by atoms with van der Waals surface area (Å²) in [6, 6.07) is 18.1. The molecule has 0 aliphatic carbocycles. The zero-order valence-electron chi connectivity index (χ0n) is 18.6. The van der Waals surface area contributed by atoms with E-state index in [1.807, 2.05) is 68.4 Å². The van der Waals surface area contributed by atoms with Gasteiger partial charge in [-0.3, -0.25) is 0 Å². The molecule has 0 spiro atoms. The fraction of sp³-hybridized carbons (Fsp3) is 0.480. The van der Waals surface area contributed by atoms with Gasteiger partial charge >= 0.3 is 0 Å². The zero-order chi connectivity index (χ0) is 22.1. The van der Waals surface area contributed by atoms with Gasteiger partial charge in [0.1, 0.15) is 30.2 Å². The third-order valence-corrected chi connectivity index (χ3v) is 5.98. The summed E-state index contributed by atoms with van der Waals surface area (Å²) in [7, 11) is 1.66. The van der Waals surface area contributed by atoms with Crippen LogP contribution in [0.1, 0.15) is 31.4 Å². The van der Waals surface area contributed by atoms with E-state index in [1.54, 1.807) is 7.11 Å². The topological polar surface area (TPSA) is 67.7 Å². The summed E-state index contributed by atoms with van der Waals surface area (Å²) >= 11 is 0. The summed E-state index contributed by atoms with van der Waals surface area (Å²) in [5.41, 5.74) is 3.10. The molecule has 7 nitrogen and oxygen atoms in total. The molecule has 1 unspecified atom stereocenters. The summed E-state index contributed by atoms with van der Waals surface area (Å²) < 4.78 is 29.9. The highest BCUT2D eigenvalue weighted by atomic mass is 16.8. The summed E-state index contributed by atoms with van der Waals surface area (Å²) in [5, 5.41) is 4.37. The summed E-state index contributed by atoms with van der Waals surface area (Å²) in [6.45, 7) is 4.24. The van der Waals surface area contributed by atoms with Gasteiger partial charge in [-0.25, -0.2) is 0 Å². The molecule has 3 aliphatic heterocycles. The summed E-state index contributed by atoms with van der Waals surface area (Å²) in [6.07, 6.45) is -0.122. The van der Waals surface area contributed by atoms with E-state index in [1.165, 1.54) is 5.56 Å². The highest BCUT2D eigenvalue weighted by molar-refractivity contribution is 5.90. The normalized spacial score (nSPS) is 30.6. The van der Waals surface area contributed by atoms with E-state index in [0.717, 1.165) is 23.4 Å². The Labute approximate surface area is 188 Å². The number of hydrogen-bond donors (Lipinski definition) is 0. The maximum Gasteiger partial charge on any atom is 0.190 e. The van der Waals surface area contributed by atoms with Gasteiger partial charge in [-0.05, 0) is 37.1 Å². The van der Waals surface area contributed by atoms with Crippen molar-refractivity contribution in [3.63, 3.8) is 0 Å². The van der Waals surface area contributed by atoms with Gasteiger partial charge in [-0.1, -0.05) is 47.6 Å². The van der Waals surface area contributed by atoms with E-state index in [2.05, 4.69) is 5.16 Å². The minimum Gasteiger partial charge on any atom is -0.497 e. The standard InChI is InChI=1S/C25H29NO6/c1-25(2)30-23-22(28-15-17-7-5-4-6-8-17)21(29-24(23)31-25)20-14-19(32-26-20)13-16-9-11-18(27-3)12-10-16/h4-12,19,21-24H,13-15H2,1-3H3/t19?,21-,22+,23-,24-/m1/s1. The minimum absolute atomic E-state index is 0.0458. The highest BCUT2D eigenvalue weighted by Crippen LogP contribution is 2.40. The van der Waals surface area contributed by atoms with Gasteiger partial charge in [0.25, 0.3) is 0 Å². The number of benzene rings is 2. The zero-order valence-corrected chi connectivity index (χ0v) is 18.6. The molecule has 0 bridgehead atoms. The average Bonchev–Trinajstić information content (AvgIpc) is 3.46. The minimum atomic E-state index is -0.709. The van der Waals surface area contributed by atoms with Crippen molar-refractivity contribution in [2.24, 2.45) is 5.16 Å². The molecule has 0 saturated carbocycles. The van der Waals surface area contributed by atoms with Crippen LogP contribution in [0.2, 0.25) is 0 Å². The van der Waals surface area contributed by atoms with Gasteiger partial charge in [-0.15, -0.1) is 0 Å². The van der Waals surface area contributed by atoms with Crippen molar-refractivity contribution in [3.05, 3.63) is 65.7 Å². The Kier molecular flexibility index (Phi) is 5.90. The van der Waals surface area contributed by atoms with Gasteiger partial charge < -0.3 is 28.5 Å². The monoisotopic (exact) mass is 439 g/mol. The first-order valence-corrected chi connectivity index (χ1v) is 11.0. The quantitative estimate of drug-likeness (QED) is 0.653. The van der Waals surface area contributed by atoms with Crippen LogP contribution >= 0.6 is 0 Å². The second-order valence-corrected chi connectivity index (χ2v) is 8.85. The Bertz CT molecular complexity index is 945. The van der Waals surface area contributed by atoms with Crippen molar-refractivity contribution in [1.82, 2.24) is 0 Å². The molecule has 2 saturated heterocycles. The van der Waals surface area contributed by atoms with Gasteiger partial charge in [0.2, 0.25) is 0 Å². The molecule has 3 aliphatic rings. The number of ether oxygens (including phenoxy) is 5. The van der Waals surface area contributed by atoms with Crippen LogP contribution in [0.3, 0.4) is 0 Å². The average molecular weight is 440 g/mol. The van der Waals surface area contributed by atoms with Gasteiger partial charge in [0.15, 0.2) is 12.1 Å². The number of methoxy groups -OCH3 is 1. The van der Waals surface area contributed by atoms with Gasteiger partial charge in [-0.2, -0.15) is 0 Å². The molecule has 5 atom stereocenters. The number of oxime groups is 1. The molecule has 0 amide bonds. The first-order valence-electron chi connectivity index (χ1n) is 11.0. The molecule has 0 aromatic heterocycles. The smallest absolute Gasteiger partial charge is 0.190 e. The highest BCUT2D eigenvalue weighted by Gasteiger charge is 2.57. The van der Waals surface area contributed by atoms with Crippen LogP contribution in [0.25, 0.3) is 0 Å². The molecule has 170 valence electrons. The lowest BCUT2D eigenvalue weighted by Gasteiger charge is -2.25. The van der Waals surface area contributed by atoms with E-state index < -0.39 is 12.1 Å². The first-order chi connectivity index (χ1) is 15.5. The van der Waals surface area contributed by atoms with Gasteiger partial charge in [0, 0.05) is 12.8 Å². The molecular weight excluding hydrogens is 410 g/mol. The SMILES string of the molecule is COc1ccc(CC2CC([C@H]3O[C@@H]4OC(C)(C)O[C@@H]4[C@H]3OCc3ccccc3)=NO2)cc1. The predicted octanol–water partition coefficient (Wildman–Crippen LogP) is 3.84.